The van der Waals surface area contributed by atoms with E-state index in [0.29, 0.717) is 37.3 Å². The summed E-state index contributed by atoms with van der Waals surface area (Å²) in [6, 6.07) is 4.22. The third kappa shape index (κ3) is 8.34. The average molecular weight is 641 g/mol. The highest BCUT2D eigenvalue weighted by atomic mass is 19.4. The van der Waals surface area contributed by atoms with E-state index in [1.165, 1.54) is 0 Å². The maximum absolute atomic E-state index is 13.6. The van der Waals surface area contributed by atoms with Crippen LogP contribution in [0.3, 0.4) is 0 Å². The van der Waals surface area contributed by atoms with E-state index in [2.05, 4.69) is 15.2 Å². The van der Waals surface area contributed by atoms with Crippen molar-refractivity contribution in [2.45, 2.75) is 84.2 Å². The summed E-state index contributed by atoms with van der Waals surface area (Å²) in [5.41, 5.74) is -0.753. The molecule has 1 aliphatic heterocycles. The van der Waals surface area contributed by atoms with Gasteiger partial charge in [-0.1, -0.05) is 13.8 Å². The predicted octanol–water partition coefficient (Wildman–Crippen LogP) is 2.88. The fraction of sp³-hybridized carbons (Fsp3) is 0.536. The number of halogens is 3. The normalized spacial score (nSPS) is 15.9. The first-order valence-corrected chi connectivity index (χ1v) is 14.0. The molecule has 0 aliphatic carbocycles. The smallest absolute Gasteiger partial charge is 0.433 e. The summed E-state index contributed by atoms with van der Waals surface area (Å²) < 4.78 is 43.5. The molecule has 1 fully saturated rings. The second-order valence-electron chi connectivity index (χ2n) is 11.0. The van der Waals surface area contributed by atoms with Gasteiger partial charge in [-0.15, -0.1) is 0 Å². The molecule has 2 atom stereocenters. The van der Waals surface area contributed by atoms with Crippen LogP contribution in [-0.2, 0) is 38.3 Å². The van der Waals surface area contributed by atoms with E-state index in [-0.39, 0.29) is 23.5 Å². The molecule has 17 heteroatoms. The van der Waals surface area contributed by atoms with Crippen LogP contribution in [0.2, 0.25) is 0 Å². The third-order valence-electron chi connectivity index (χ3n) is 7.29. The number of aryl methyl sites for hydroxylation is 3. The minimum atomic E-state index is -4.55. The summed E-state index contributed by atoms with van der Waals surface area (Å²) >= 11 is 0. The molecule has 4 heterocycles. The van der Waals surface area contributed by atoms with Crippen LogP contribution in [0.5, 0.6) is 0 Å². The van der Waals surface area contributed by atoms with Crippen molar-refractivity contribution in [3.05, 3.63) is 46.7 Å². The highest BCUT2D eigenvalue weighted by Gasteiger charge is 2.41. The summed E-state index contributed by atoms with van der Waals surface area (Å²) in [5, 5.41) is 42.5. The lowest BCUT2D eigenvalue weighted by molar-refractivity contribution is -0.170. The van der Waals surface area contributed by atoms with Crippen LogP contribution in [0.15, 0.2) is 18.2 Å². The molecule has 0 spiro atoms. The molecule has 14 nitrogen and oxygen atoms in total. The van der Waals surface area contributed by atoms with Crippen LogP contribution in [0, 0.1) is 19.8 Å². The molecule has 0 bridgehead atoms. The number of nitrogens with zero attached hydrogens (tertiary/aromatic N) is 6. The van der Waals surface area contributed by atoms with E-state index in [9.17, 15) is 32.3 Å². The molecular formula is C28H35F3N6O8. The Morgan fingerprint density at radius 2 is 1.64 bits per heavy atom. The fourth-order valence-electron chi connectivity index (χ4n) is 5.12. The molecule has 2 unspecified atom stereocenters. The Kier molecular flexibility index (Phi) is 10.6. The molecule has 3 aromatic heterocycles. The quantitative estimate of drug-likeness (QED) is 0.254. The topological polar surface area (TPSA) is 200 Å². The number of carbonyl (C=O) groups is 4. The third-order valence-corrected chi connectivity index (χ3v) is 7.29. The van der Waals surface area contributed by atoms with Crippen molar-refractivity contribution in [2.75, 3.05) is 6.54 Å². The first-order valence-electron chi connectivity index (χ1n) is 14.0. The molecule has 1 saturated heterocycles. The van der Waals surface area contributed by atoms with Gasteiger partial charge in [0.25, 0.3) is 0 Å². The minimum Gasteiger partial charge on any atom is -0.481 e. The van der Waals surface area contributed by atoms with E-state index in [1.54, 1.807) is 17.9 Å². The molecule has 1 amide bonds. The van der Waals surface area contributed by atoms with Crippen molar-refractivity contribution in [1.29, 1.82) is 0 Å². The minimum absolute atomic E-state index is 0.0460. The molecule has 0 saturated carbocycles. The van der Waals surface area contributed by atoms with Gasteiger partial charge in [0.05, 0.1) is 42.7 Å². The number of rotatable bonds is 10. The predicted molar refractivity (Wildman–Crippen MR) is 149 cm³/mol. The van der Waals surface area contributed by atoms with Gasteiger partial charge in [-0.2, -0.15) is 23.4 Å². The Morgan fingerprint density at radius 1 is 1.02 bits per heavy atom. The summed E-state index contributed by atoms with van der Waals surface area (Å²) in [5.74, 6) is -5.38. The molecule has 4 rings (SSSR count). The van der Waals surface area contributed by atoms with Crippen molar-refractivity contribution >= 4 is 29.5 Å². The maximum Gasteiger partial charge on any atom is 0.433 e. The van der Waals surface area contributed by atoms with Gasteiger partial charge < -0.3 is 25.3 Å². The Balaban J connectivity index is 0.000000360. The van der Waals surface area contributed by atoms with Gasteiger partial charge in [0.15, 0.2) is 11.2 Å². The van der Waals surface area contributed by atoms with Crippen LogP contribution in [0.1, 0.15) is 74.0 Å². The molecule has 4 N–H and O–H groups in total. The Morgan fingerprint density at radius 3 is 2.13 bits per heavy atom. The zero-order chi connectivity index (χ0) is 33.9. The summed E-state index contributed by atoms with van der Waals surface area (Å²) in [6.07, 6.45) is -5.02. The van der Waals surface area contributed by atoms with Gasteiger partial charge in [-0.25, -0.2) is 14.3 Å². The number of hydrogen-bond donors (Lipinski definition) is 4. The van der Waals surface area contributed by atoms with E-state index in [1.807, 2.05) is 31.5 Å². The number of carboxylic acid groups (broad SMARTS) is 3. The fourth-order valence-corrected chi connectivity index (χ4v) is 5.12. The highest BCUT2D eigenvalue weighted by molar-refractivity contribution is 5.88. The Labute approximate surface area is 255 Å². The van der Waals surface area contributed by atoms with Crippen molar-refractivity contribution in [2.24, 2.45) is 5.92 Å². The van der Waals surface area contributed by atoms with E-state index in [0.717, 1.165) is 28.4 Å². The van der Waals surface area contributed by atoms with E-state index >= 15 is 0 Å². The first kappa shape index (κ1) is 34.9. The lowest BCUT2D eigenvalue weighted by Gasteiger charge is -2.26. The zero-order valence-corrected chi connectivity index (χ0v) is 25.1. The molecule has 45 heavy (non-hydrogen) atoms. The monoisotopic (exact) mass is 640 g/mol. The highest BCUT2D eigenvalue weighted by Crippen LogP contribution is 2.35. The summed E-state index contributed by atoms with van der Waals surface area (Å²) in [7, 11) is 0. The Hall–Kier alpha value is -4.54. The maximum atomic E-state index is 13.6. The number of aliphatic hydroxyl groups is 1. The molecule has 3 aromatic rings. The number of aromatic nitrogens is 5. The average Bonchev–Trinajstić information content (AvgIpc) is 3.64. The molecular weight excluding hydrogens is 605 g/mol. The van der Waals surface area contributed by atoms with E-state index < -0.39 is 48.2 Å². The van der Waals surface area contributed by atoms with Gasteiger partial charge in [0, 0.05) is 24.0 Å². The van der Waals surface area contributed by atoms with Crippen molar-refractivity contribution in [3.63, 3.8) is 0 Å². The number of hydrogen-bond acceptors (Lipinski definition) is 8. The van der Waals surface area contributed by atoms with Crippen LogP contribution in [-0.4, -0.2) is 85.7 Å². The SMILES string of the molecule is CCc1cc(C(F)(F)F)n2nc(C3CCCN3C(=O)C(C)Cn3nc(C)cc3C)cc2n1.O=C(O)CC(O)(CC(=O)O)C(=O)O. The van der Waals surface area contributed by atoms with Gasteiger partial charge >= 0.3 is 24.1 Å². The Bertz CT molecular complexity index is 1570. The van der Waals surface area contributed by atoms with Crippen LogP contribution >= 0.6 is 0 Å². The number of carboxylic acids is 3. The standard InChI is InChI=1S/C22H27F3N6O.C6H8O7/c1-5-16-10-19(22(23,24)25)31-20(26-16)11-17(28-31)18-7-6-8-29(18)21(32)13(2)12-30-15(4)9-14(3)27-30;7-3(8)1-6(13,5(11)12)2-4(9)10/h9-11,13,18H,5-8,12H2,1-4H3;13H,1-2H2,(H,7,8)(H,9,10)(H,11,12). The van der Waals surface area contributed by atoms with Gasteiger partial charge in [-0.3, -0.25) is 19.1 Å². The number of likely N-dealkylation sites (tertiary alicyclic amines) is 1. The number of aliphatic carboxylic acids is 3. The summed E-state index contributed by atoms with van der Waals surface area (Å²) in [4.78, 5) is 49.8. The van der Waals surface area contributed by atoms with Gasteiger partial charge in [0.2, 0.25) is 5.91 Å². The van der Waals surface area contributed by atoms with Gasteiger partial charge in [-0.05, 0) is 45.2 Å². The number of amides is 1. The molecule has 1 aliphatic rings. The second-order valence-corrected chi connectivity index (χ2v) is 11.0. The van der Waals surface area contributed by atoms with Crippen LogP contribution < -0.4 is 0 Å². The van der Waals surface area contributed by atoms with Crippen molar-refractivity contribution < 1.29 is 52.8 Å². The lowest BCUT2D eigenvalue weighted by Crippen LogP contribution is -2.42. The zero-order valence-electron chi connectivity index (χ0n) is 25.1. The second kappa shape index (κ2) is 13.6. The van der Waals surface area contributed by atoms with Crippen molar-refractivity contribution in [1.82, 2.24) is 29.3 Å². The van der Waals surface area contributed by atoms with E-state index in [4.69, 9.17) is 20.4 Å². The van der Waals surface area contributed by atoms with Crippen molar-refractivity contribution in [3.8, 4) is 0 Å². The summed E-state index contributed by atoms with van der Waals surface area (Å²) in [6.45, 7) is 8.48. The molecule has 0 aromatic carbocycles. The molecule has 0 radical (unpaired) electrons. The van der Waals surface area contributed by atoms with Crippen LogP contribution in [0.4, 0.5) is 13.2 Å². The number of alkyl halides is 3. The van der Waals surface area contributed by atoms with Gasteiger partial charge in [0.1, 0.15) is 5.69 Å². The largest absolute Gasteiger partial charge is 0.481 e. The number of carbonyl (C=O) groups excluding carboxylic acids is 1. The molecule has 246 valence electrons. The van der Waals surface area contributed by atoms with Crippen LogP contribution in [0.25, 0.3) is 5.65 Å². The lowest BCUT2D eigenvalue weighted by atomic mass is 9.96. The number of fused-ring (bicyclic) bond motifs is 1. The first-order chi connectivity index (χ1) is 20.9.